The number of rotatable bonds is 2. The number of hydrogen-bond acceptors (Lipinski definition) is 4. The number of hydrogen-bond donors (Lipinski definition) is 2. The maximum absolute atomic E-state index is 11.5. The van der Waals surface area contributed by atoms with Gasteiger partial charge in [-0.2, -0.15) is 9.90 Å². The summed E-state index contributed by atoms with van der Waals surface area (Å²) in [7, 11) is 0. The van der Waals surface area contributed by atoms with Crippen LogP contribution < -0.4 is 10.6 Å². The second-order valence-electron chi connectivity index (χ2n) is 3.86. The molecule has 2 N–H and O–H groups in total. The van der Waals surface area contributed by atoms with E-state index >= 15 is 0 Å². The molecule has 3 rings (SSSR count). The molecule has 0 aliphatic carbocycles. The Bertz CT molecular complexity index is 676. The van der Waals surface area contributed by atoms with E-state index in [0.29, 0.717) is 16.5 Å². The molecule has 94 valence electrons. The molecule has 0 unspecified atom stereocenters. The highest BCUT2D eigenvalue weighted by Gasteiger charge is 2.20. The molecule has 1 aliphatic heterocycles. The van der Waals surface area contributed by atoms with Gasteiger partial charge in [0.2, 0.25) is 0 Å². The molecule has 1 fully saturated rings. The van der Waals surface area contributed by atoms with Crippen LogP contribution in [0.1, 0.15) is 5.69 Å². The number of thiocarbonyl (C=S) groups is 1. The van der Waals surface area contributed by atoms with Crippen molar-refractivity contribution in [2.75, 3.05) is 0 Å². The average Bonchev–Trinajstić information content (AvgIpc) is 2.99. The highest BCUT2D eigenvalue weighted by Crippen LogP contribution is 2.08. The highest BCUT2D eigenvalue weighted by atomic mass is 32.1. The molecular weight excluding hydrogens is 262 g/mol. The van der Waals surface area contributed by atoms with Crippen LogP contribution in [0.5, 0.6) is 0 Å². The number of carbonyl (C=O) groups excluding carboxylic acids is 1. The minimum absolute atomic E-state index is 0.265. The van der Waals surface area contributed by atoms with Gasteiger partial charge in [-0.3, -0.25) is 10.1 Å². The fourth-order valence-corrected chi connectivity index (χ4v) is 1.86. The summed E-state index contributed by atoms with van der Waals surface area (Å²) in [5, 5.41) is 13.9. The minimum Gasteiger partial charge on any atom is -0.328 e. The van der Waals surface area contributed by atoms with Crippen molar-refractivity contribution in [3.63, 3.8) is 0 Å². The van der Waals surface area contributed by atoms with Gasteiger partial charge in [0.1, 0.15) is 11.4 Å². The molecule has 1 amide bonds. The van der Waals surface area contributed by atoms with Crippen LogP contribution in [0.3, 0.4) is 0 Å². The number of benzene rings is 1. The zero-order valence-electron chi connectivity index (χ0n) is 9.70. The molecular formula is C12H9N5OS. The standard InChI is InChI=1S/C12H9N5OS/c18-11-10(14-12(19)15-11)6-8-7-13-17(16-8)9-4-2-1-3-5-9/h1-7H,(H2,14,15,18,19). The Morgan fingerprint density at radius 2 is 2.00 bits per heavy atom. The molecule has 0 radical (unpaired) electrons. The van der Waals surface area contributed by atoms with Crippen LogP contribution in [0.15, 0.2) is 42.2 Å². The SMILES string of the molecule is O=C1NC(=S)NC1=Cc1cnn(-c2ccccc2)n1. The summed E-state index contributed by atoms with van der Waals surface area (Å²) < 4.78 is 0. The summed E-state index contributed by atoms with van der Waals surface area (Å²) in [5.74, 6) is -0.265. The molecule has 1 aromatic carbocycles. The van der Waals surface area contributed by atoms with E-state index < -0.39 is 0 Å². The number of nitrogens with one attached hydrogen (secondary N) is 2. The van der Waals surface area contributed by atoms with E-state index in [4.69, 9.17) is 12.2 Å². The van der Waals surface area contributed by atoms with Crippen molar-refractivity contribution in [2.24, 2.45) is 0 Å². The number of nitrogens with zero attached hydrogens (tertiary/aromatic N) is 3. The van der Waals surface area contributed by atoms with Gasteiger partial charge in [0.25, 0.3) is 5.91 Å². The summed E-state index contributed by atoms with van der Waals surface area (Å²) in [5.41, 5.74) is 1.79. The van der Waals surface area contributed by atoms with E-state index in [1.54, 1.807) is 12.3 Å². The van der Waals surface area contributed by atoms with E-state index in [9.17, 15) is 4.79 Å². The zero-order chi connectivity index (χ0) is 13.2. The van der Waals surface area contributed by atoms with Crippen LogP contribution in [0.4, 0.5) is 0 Å². The van der Waals surface area contributed by atoms with Gasteiger partial charge < -0.3 is 5.32 Å². The lowest BCUT2D eigenvalue weighted by Crippen LogP contribution is -2.21. The topological polar surface area (TPSA) is 71.8 Å². The first kappa shape index (κ1) is 11.5. The lowest BCUT2D eigenvalue weighted by molar-refractivity contribution is -0.115. The van der Waals surface area contributed by atoms with E-state index in [0.717, 1.165) is 5.69 Å². The maximum Gasteiger partial charge on any atom is 0.273 e. The molecule has 2 aromatic rings. The van der Waals surface area contributed by atoms with Crippen LogP contribution in [0.25, 0.3) is 11.8 Å². The Hall–Kier alpha value is -2.54. The molecule has 0 bridgehead atoms. The third-order valence-electron chi connectivity index (χ3n) is 2.51. The smallest absolute Gasteiger partial charge is 0.273 e. The first-order chi connectivity index (χ1) is 9.22. The first-order valence-electron chi connectivity index (χ1n) is 5.54. The lowest BCUT2D eigenvalue weighted by Gasteiger charge is -1.96. The molecule has 0 atom stereocenters. The van der Waals surface area contributed by atoms with Gasteiger partial charge in [0.05, 0.1) is 11.9 Å². The van der Waals surface area contributed by atoms with Crippen molar-refractivity contribution in [2.45, 2.75) is 0 Å². The van der Waals surface area contributed by atoms with Gasteiger partial charge >= 0.3 is 0 Å². The molecule has 6 nitrogen and oxygen atoms in total. The van der Waals surface area contributed by atoms with Gasteiger partial charge in [-0.1, -0.05) is 18.2 Å². The fraction of sp³-hybridized carbons (Fsp3) is 0. The number of carbonyl (C=O) groups is 1. The van der Waals surface area contributed by atoms with Crippen molar-refractivity contribution >= 4 is 29.3 Å². The molecule has 2 heterocycles. The number of amides is 1. The van der Waals surface area contributed by atoms with Gasteiger partial charge in [0, 0.05) is 0 Å². The van der Waals surface area contributed by atoms with Crippen LogP contribution in [-0.4, -0.2) is 26.0 Å². The maximum atomic E-state index is 11.5. The molecule has 0 saturated carbocycles. The molecule has 1 saturated heterocycles. The summed E-state index contributed by atoms with van der Waals surface area (Å²) in [6.45, 7) is 0. The first-order valence-corrected chi connectivity index (χ1v) is 5.95. The van der Waals surface area contributed by atoms with Gasteiger partial charge in [-0.05, 0) is 30.4 Å². The lowest BCUT2D eigenvalue weighted by atomic mass is 10.3. The second-order valence-corrected chi connectivity index (χ2v) is 4.27. The van der Waals surface area contributed by atoms with Crippen molar-refractivity contribution in [3.8, 4) is 5.69 Å². The molecule has 0 spiro atoms. The van der Waals surface area contributed by atoms with Gasteiger partial charge in [0.15, 0.2) is 5.11 Å². The molecule has 1 aliphatic rings. The van der Waals surface area contributed by atoms with Crippen molar-refractivity contribution in [3.05, 3.63) is 47.9 Å². The number of aromatic nitrogens is 3. The Morgan fingerprint density at radius 1 is 1.21 bits per heavy atom. The third kappa shape index (κ3) is 2.36. The third-order valence-corrected chi connectivity index (χ3v) is 2.71. The van der Waals surface area contributed by atoms with Crippen LogP contribution >= 0.6 is 12.2 Å². The van der Waals surface area contributed by atoms with E-state index in [1.807, 2.05) is 30.3 Å². The Labute approximate surface area is 114 Å². The quantitative estimate of drug-likeness (QED) is 0.618. The van der Waals surface area contributed by atoms with Crippen LogP contribution in [0, 0.1) is 0 Å². The van der Waals surface area contributed by atoms with E-state index in [1.165, 1.54) is 4.80 Å². The summed E-state index contributed by atoms with van der Waals surface area (Å²) >= 11 is 4.85. The zero-order valence-corrected chi connectivity index (χ0v) is 10.5. The summed E-state index contributed by atoms with van der Waals surface area (Å²) in [4.78, 5) is 13.0. The Balaban J connectivity index is 1.89. The summed E-state index contributed by atoms with van der Waals surface area (Å²) in [6.07, 6.45) is 3.18. The van der Waals surface area contributed by atoms with Crippen LogP contribution in [-0.2, 0) is 4.79 Å². The van der Waals surface area contributed by atoms with Crippen molar-refractivity contribution in [1.29, 1.82) is 0 Å². The van der Waals surface area contributed by atoms with Crippen LogP contribution in [0.2, 0.25) is 0 Å². The van der Waals surface area contributed by atoms with Gasteiger partial charge in [-0.25, -0.2) is 0 Å². The molecule has 7 heteroatoms. The predicted molar refractivity (Wildman–Crippen MR) is 73.2 cm³/mol. The second kappa shape index (κ2) is 4.62. The molecule has 1 aromatic heterocycles. The van der Waals surface area contributed by atoms with Crippen molar-refractivity contribution in [1.82, 2.24) is 25.6 Å². The normalized spacial score (nSPS) is 16.5. The predicted octanol–water partition coefficient (Wildman–Crippen LogP) is 0.613. The highest BCUT2D eigenvalue weighted by molar-refractivity contribution is 7.80. The largest absolute Gasteiger partial charge is 0.328 e. The van der Waals surface area contributed by atoms with Gasteiger partial charge in [-0.15, -0.1) is 5.10 Å². The molecule has 19 heavy (non-hydrogen) atoms. The van der Waals surface area contributed by atoms with E-state index in [2.05, 4.69) is 20.8 Å². The van der Waals surface area contributed by atoms with Crippen molar-refractivity contribution < 1.29 is 4.79 Å². The minimum atomic E-state index is -0.265. The summed E-state index contributed by atoms with van der Waals surface area (Å²) in [6, 6.07) is 9.52. The Morgan fingerprint density at radius 3 is 2.68 bits per heavy atom. The Kier molecular flexibility index (Phi) is 2.81. The average molecular weight is 271 g/mol. The fourth-order valence-electron chi connectivity index (χ4n) is 1.66. The van der Waals surface area contributed by atoms with E-state index in [-0.39, 0.29) is 5.91 Å². The number of para-hydroxylation sites is 1. The monoisotopic (exact) mass is 271 g/mol.